The molecule has 3 rings (SSSR count). The highest BCUT2D eigenvalue weighted by atomic mass is 19.1. The number of nitrogens with zero attached hydrogens (tertiary/aromatic N) is 3. The van der Waals surface area contributed by atoms with Crippen molar-refractivity contribution in [2.24, 2.45) is 0 Å². The largest absolute Gasteiger partial charge is 0.352 e. The molecule has 0 amide bonds. The molecule has 0 aliphatic carbocycles. The predicted molar refractivity (Wildman–Crippen MR) is 76.1 cm³/mol. The maximum absolute atomic E-state index is 13.4. The SMILES string of the molecule is N#Cc1c(-c2ccccc2)ccnc1N1CC[C@H](F)C1. The molecule has 0 saturated carbocycles. The molecule has 1 saturated heterocycles. The number of hydrogen-bond donors (Lipinski definition) is 0. The minimum absolute atomic E-state index is 0.319. The Bertz CT molecular complexity index is 649. The van der Waals surface area contributed by atoms with Crippen LogP contribution >= 0.6 is 0 Å². The minimum atomic E-state index is -0.830. The highest BCUT2D eigenvalue weighted by Gasteiger charge is 2.25. The Hall–Kier alpha value is -2.41. The molecule has 4 heteroatoms. The van der Waals surface area contributed by atoms with Gasteiger partial charge in [0.15, 0.2) is 0 Å². The molecule has 1 atom stereocenters. The number of rotatable bonds is 2. The van der Waals surface area contributed by atoms with Crippen LogP contribution in [0.15, 0.2) is 42.6 Å². The fourth-order valence-corrected chi connectivity index (χ4v) is 2.57. The van der Waals surface area contributed by atoms with E-state index >= 15 is 0 Å². The van der Waals surface area contributed by atoms with E-state index < -0.39 is 6.17 Å². The van der Waals surface area contributed by atoms with Crippen molar-refractivity contribution in [3.8, 4) is 17.2 Å². The first kappa shape index (κ1) is 12.6. The maximum atomic E-state index is 13.4. The zero-order chi connectivity index (χ0) is 13.9. The van der Waals surface area contributed by atoms with E-state index in [9.17, 15) is 9.65 Å². The van der Waals surface area contributed by atoms with Gasteiger partial charge in [0.2, 0.25) is 0 Å². The summed E-state index contributed by atoms with van der Waals surface area (Å²) in [4.78, 5) is 6.15. The van der Waals surface area contributed by atoms with Crippen molar-refractivity contribution in [3.63, 3.8) is 0 Å². The molecule has 1 aromatic carbocycles. The summed E-state index contributed by atoms with van der Waals surface area (Å²) in [6.45, 7) is 0.932. The maximum Gasteiger partial charge on any atom is 0.147 e. The molecule has 1 aliphatic heterocycles. The summed E-state index contributed by atoms with van der Waals surface area (Å²) < 4.78 is 13.4. The number of halogens is 1. The standard InChI is InChI=1S/C16H14FN3/c17-13-7-9-20(11-13)16-15(10-18)14(6-8-19-16)12-4-2-1-3-5-12/h1-6,8,13H,7,9,11H2/t13-/m0/s1. The smallest absolute Gasteiger partial charge is 0.147 e. The molecular weight excluding hydrogens is 253 g/mol. The number of aromatic nitrogens is 1. The fourth-order valence-electron chi connectivity index (χ4n) is 2.57. The first-order valence-corrected chi connectivity index (χ1v) is 6.63. The topological polar surface area (TPSA) is 39.9 Å². The van der Waals surface area contributed by atoms with Gasteiger partial charge < -0.3 is 4.90 Å². The fraction of sp³-hybridized carbons (Fsp3) is 0.250. The van der Waals surface area contributed by atoms with Crippen LogP contribution in [0.1, 0.15) is 12.0 Å². The van der Waals surface area contributed by atoms with Crippen molar-refractivity contribution >= 4 is 5.82 Å². The van der Waals surface area contributed by atoms with Crippen LogP contribution in [0.2, 0.25) is 0 Å². The molecule has 0 bridgehead atoms. The third-order valence-electron chi connectivity index (χ3n) is 3.56. The highest BCUT2D eigenvalue weighted by molar-refractivity contribution is 5.76. The first-order valence-electron chi connectivity index (χ1n) is 6.63. The van der Waals surface area contributed by atoms with E-state index in [0.717, 1.165) is 11.1 Å². The van der Waals surface area contributed by atoms with Crippen molar-refractivity contribution in [2.75, 3.05) is 18.0 Å². The van der Waals surface area contributed by atoms with E-state index in [4.69, 9.17) is 0 Å². The molecule has 100 valence electrons. The Morgan fingerprint density at radius 2 is 2.05 bits per heavy atom. The van der Waals surface area contributed by atoms with Crippen molar-refractivity contribution < 1.29 is 4.39 Å². The summed E-state index contributed by atoms with van der Waals surface area (Å²) >= 11 is 0. The second kappa shape index (κ2) is 5.30. The highest BCUT2D eigenvalue weighted by Crippen LogP contribution is 2.30. The second-order valence-corrected chi connectivity index (χ2v) is 4.87. The average Bonchev–Trinajstić information content (AvgIpc) is 2.93. The number of hydrogen-bond acceptors (Lipinski definition) is 3. The lowest BCUT2D eigenvalue weighted by atomic mass is 10.0. The molecular formula is C16H14FN3. The molecule has 1 aromatic heterocycles. The molecule has 0 radical (unpaired) electrons. The van der Waals surface area contributed by atoms with Crippen LogP contribution in [0.5, 0.6) is 0 Å². The van der Waals surface area contributed by atoms with Crippen molar-refractivity contribution in [2.45, 2.75) is 12.6 Å². The Kier molecular flexibility index (Phi) is 3.34. The van der Waals surface area contributed by atoms with Gasteiger partial charge in [0.1, 0.15) is 23.6 Å². The number of benzene rings is 1. The Morgan fingerprint density at radius 3 is 2.70 bits per heavy atom. The summed E-state index contributed by atoms with van der Waals surface area (Å²) in [5.41, 5.74) is 2.34. The summed E-state index contributed by atoms with van der Waals surface area (Å²) in [6.07, 6.45) is 1.36. The lowest BCUT2D eigenvalue weighted by Crippen LogP contribution is -2.22. The number of alkyl halides is 1. The van der Waals surface area contributed by atoms with Gasteiger partial charge in [0.25, 0.3) is 0 Å². The predicted octanol–water partition coefficient (Wildman–Crippen LogP) is 3.17. The van der Waals surface area contributed by atoms with E-state index in [2.05, 4.69) is 11.1 Å². The van der Waals surface area contributed by atoms with Gasteiger partial charge in [-0.25, -0.2) is 9.37 Å². The monoisotopic (exact) mass is 267 g/mol. The van der Waals surface area contributed by atoms with E-state index in [1.807, 2.05) is 41.3 Å². The Morgan fingerprint density at radius 1 is 1.25 bits per heavy atom. The molecule has 3 nitrogen and oxygen atoms in total. The third kappa shape index (κ3) is 2.23. The van der Waals surface area contributed by atoms with Crippen molar-refractivity contribution in [1.82, 2.24) is 4.98 Å². The van der Waals surface area contributed by atoms with Crippen LogP contribution in [0.25, 0.3) is 11.1 Å². The zero-order valence-corrected chi connectivity index (χ0v) is 11.0. The summed E-state index contributed by atoms with van der Waals surface area (Å²) in [5, 5.41) is 9.48. The summed E-state index contributed by atoms with van der Waals surface area (Å²) in [7, 11) is 0. The van der Waals surface area contributed by atoms with Gasteiger partial charge in [0.05, 0.1) is 6.54 Å². The molecule has 20 heavy (non-hydrogen) atoms. The normalized spacial score (nSPS) is 18.0. The Balaban J connectivity index is 2.07. The van der Waals surface area contributed by atoms with Crippen LogP contribution < -0.4 is 4.90 Å². The lowest BCUT2D eigenvalue weighted by Gasteiger charge is -2.19. The third-order valence-corrected chi connectivity index (χ3v) is 3.56. The average molecular weight is 267 g/mol. The number of anilines is 1. The zero-order valence-electron chi connectivity index (χ0n) is 11.0. The van der Waals surface area contributed by atoms with Gasteiger partial charge in [-0.05, 0) is 18.1 Å². The van der Waals surface area contributed by atoms with Gasteiger partial charge in [-0.3, -0.25) is 0 Å². The van der Waals surface area contributed by atoms with Gasteiger partial charge in [-0.15, -0.1) is 0 Å². The van der Waals surface area contributed by atoms with Crippen molar-refractivity contribution in [3.05, 3.63) is 48.2 Å². The van der Waals surface area contributed by atoms with Gasteiger partial charge in [-0.2, -0.15) is 5.26 Å². The van der Waals surface area contributed by atoms with Crippen LogP contribution in [-0.4, -0.2) is 24.2 Å². The van der Waals surface area contributed by atoms with Crippen LogP contribution in [0, 0.1) is 11.3 Å². The van der Waals surface area contributed by atoms with Crippen LogP contribution in [0.3, 0.4) is 0 Å². The molecule has 1 fully saturated rings. The van der Waals surface area contributed by atoms with E-state index in [-0.39, 0.29) is 0 Å². The Labute approximate surface area is 117 Å². The van der Waals surface area contributed by atoms with Gasteiger partial charge in [-0.1, -0.05) is 30.3 Å². The van der Waals surface area contributed by atoms with Crippen LogP contribution in [-0.2, 0) is 0 Å². The van der Waals surface area contributed by atoms with Gasteiger partial charge >= 0.3 is 0 Å². The van der Waals surface area contributed by atoms with E-state index in [1.54, 1.807) is 6.20 Å². The first-order chi connectivity index (χ1) is 9.79. The molecule has 0 N–H and O–H groups in total. The number of pyridine rings is 1. The van der Waals surface area contributed by atoms with Crippen LogP contribution in [0.4, 0.5) is 10.2 Å². The summed E-state index contributed by atoms with van der Waals surface area (Å²) in [6, 6.07) is 13.8. The number of nitriles is 1. The van der Waals surface area contributed by atoms with Gasteiger partial charge in [0, 0.05) is 18.3 Å². The lowest BCUT2D eigenvalue weighted by molar-refractivity contribution is 0.364. The minimum Gasteiger partial charge on any atom is -0.352 e. The molecule has 2 aromatic rings. The van der Waals surface area contributed by atoms with E-state index in [1.165, 1.54) is 0 Å². The molecule has 1 aliphatic rings. The molecule has 0 spiro atoms. The quantitative estimate of drug-likeness (QED) is 0.839. The molecule has 0 unspecified atom stereocenters. The summed E-state index contributed by atoms with van der Waals surface area (Å²) in [5.74, 6) is 0.592. The van der Waals surface area contributed by atoms with Crippen molar-refractivity contribution in [1.29, 1.82) is 5.26 Å². The molecule has 2 heterocycles. The second-order valence-electron chi connectivity index (χ2n) is 4.87. The van der Waals surface area contributed by atoms with E-state index in [0.29, 0.717) is 30.9 Å².